The molecule has 2 aliphatic rings. The van der Waals surface area contributed by atoms with E-state index in [1.807, 2.05) is 0 Å². The Bertz CT molecular complexity index is 226. The number of hydrogen-bond acceptors (Lipinski definition) is 1. The van der Waals surface area contributed by atoms with Gasteiger partial charge in [-0.15, -0.1) is 0 Å². The Labute approximate surface area is 114 Å². The van der Waals surface area contributed by atoms with Gasteiger partial charge in [-0.25, -0.2) is 0 Å². The molecule has 18 heavy (non-hydrogen) atoms. The van der Waals surface area contributed by atoms with Crippen molar-refractivity contribution < 1.29 is 0 Å². The number of piperidine rings is 1. The molecule has 2 rings (SSSR count). The molecule has 1 saturated heterocycles. The summed E-state index contributed by atoms with van der Waals surface area (Å²) in [6.45, 7) is 11.3. The largest absolute Gasteiger partial charge is 0.303 e. The molecule has 0 aromatic rings. The number of nitrogens with zero attached hydrogens (tertiary/aromatic N) is 1. The highest BCUT2D eigenvalue weighted by Gasteiger charge is 2.28. The minimum Gasteiger partial charge on any atom is -0.303 e. The Morgan fingerprint density at radius 3 is 2.06 bits per heavy atom. The van der Waals surface area contributed by atoms with E-state index >= 15 is 0 Å². The topological polar surface area (TPSA) is 3.24 Å². The molecular formula is C17H33N. The quantitative estimate of drug-likeness (QED) is 0.702. The zero-order valence-corrected chi connectivity index (χ0v) is 12.9. The molecule has 1 nitrogen and oxygen atoms in total. The summed E-state index contributed by atoms with van der Waals surface area (Å²) in [5.74, 6) is 2.00. The molecule has 0 atom stereocenters. The van der Waals surface area contributed by atoms with Gasteiger partial charge in [0.05, 0.1) is 0 Å². The van der Waals surface area contributed by atoms with Gasteiger partial charge in [0.2, 0.25) is 0 Å². The van der Waals surface area contributed by atoms with Crippen molar-refractivity contribution in [3.05, 3.63) is 0 Å². The first-order valence-corrected chi connectivity index (χ1v) is 8.28. The van der Waals surface area contributed by atoms with Crippen molar-refractivity contribution in [1.82, 2.24) is 4.90 Å². The van der Waals surface area contributed by atoms with Crippen LogP contribution in [0.2, 0.25) is 0 Å². The van der Waals surface area contributed by atoms with Gasteiger partial charge < -0.3 is 4.90 Å². The standard InChI is InChI=1S/C17H33N/c1-17(2,3)16-10-13-18(14-11-16)12-9-15-7-5-4-6-8-15/h15-16H,4-14H2,1-3H3. The molecule has 0 radical (unpaired) electrons. The summed E-state index contributed by atoms with van der Waals surface area (Å²) >= 11 is 0. The SMILES string of the molecule is CC(C)(C)C1CCN(CCC2CCCCC2)CC1. The van der Waals surface area contributed by atoms with Crippen molar-refractivity contribution in [2.24, 2.45) is 17.3 Å². The van der Waals surface area contributed by atoms with Crippen molar-refractivity contribution in [3.8, 4) is 0 Å². The summed E-state index contributed by atoms with van der Waals surface area (Å²) < 4.78 is 0. The number of hydrogen-bond donors (Lipinski definition) is 0. The molecule has 1 aliphatic heterocycles. The molecule has 1 heterocycles. The summed E-state index contributed by atoms with van der Waals surface area (Å²) in [4.78, 5) is 2.73. The molecule has 1 heteroatoms. The molecule has 0 unspecified atom stereocenters. The van der Waals surface area contributed by atoms with E-state index in [0.717, 1.165) is 11.8 Å². The molecule has 0 N–H and O–H groups in total. The van der Waals surface area contributed by atoms with Crippen molar-refractivity contribution in [3.63, 3.8) is 0 Å². The van der Waals surface area contributed by atoms with Crippen LogP contribution < -0.4 is 0 Å². The highest BCUT2D eigenvalue weighted by molar-refractivity contribution is 4.81. The van der Waals surface area contributed by atoms with Crippen LogP contribution in [-0.2, 0) is 0 Å². The third-order valence-electron chi connectivity index (χ3n) is 5.39. The third kappa shape index (κ3) is 4.26. The van der Waals surface area contributed by atoms with Gasteiger partial charge in [-0.3, -0.25) is 0 Å². The van der Waals surface area contributed by atoms with Gasteiger partial charge in [0.1, 0.15) is 0 Å². The van der Waals surface area contributed by atoms with Gasteiger partial charge in [0.15, 0.2) is 0 Å². The van der Waals surface area contributed by atoms with E-state index in [-0.39, 0.29) is 0 Å². The minimum atomic E-state index is 0.523. The van der Waals surface area contributed by atoms with Crippen LogP contribution in [-0.4, -0.2) is 24.5 Å². The van der Waals surface area contributed by atoms with E-state index in [1.54, 1.807) is 0 Å². The molecule has 1 saturated carbocycles. The minimum absolute atomic E-state index is 0.523. The lowest BCUT2D eigenvalue weighted by molar-refractivity contribution is 0.106. The van der Waals surface area contributed by atoms with Gasteiger partial charge in [-0.05, 0) is 56.1 Å². The predicted molar refractivity (Wildman–Crippen MR) is 79.8 cm³/mol. The van der Waals surface area contributed by atoms with Crippen molar-refractivity contribution in [2.45, 2.75) is 72.1 Å². The third-order valence-corrected chi connectivity index (χ3v) is 5.39. The van der Waals surface area contributed by atoms with Crippen LogP contribution in [0.5, 0.6) is 0 Å². The fourth-order valence-electron chi connectivity index (χ4n) is 3.86. The molecular weight excluding hydrogens is 218 g/mol. The van der Waals surface area contributed by atoms with Gasteiger partial charge >= 0.3 is 0 Å². The van der Waals surface area contributed by atoms with Crippen LogP contribution >= 0.6 is 0 Å². The lowest BCUT2D eigenvalue weighted by Crippen LogP contribution is -2.38. The van der Waals surface area contributed by atoms with Crippen LogP contribution in [0.1, 0.15) is 72.1 Å². The molecule has 2 fully saturated rings. The molecule has 1 aliphatic carbocycles. The smallest absolute Gasteiger partial charge is 0.00159 e. The maximum Gasteiger partial charge on any atom is -0.00159 e. The second kappa shape index (κ2) is 6.41. The lowest BCUT2D eigenvalue weighted by atomic mass is 9.75. The van der Waals surface area contributed by atoms with Crippen LogP contribution in [0.4, 0.5) is 0 Å². The molecule has 0 amide bonds. The van der Waals surface area contributed by atoms with E-state index in [0.29, 0.717) is 5.41 Å². The zero-order valence-electron chi connectivity index (χ0n) is 12.9. The Balaban J connectivity index is 1.64. The van der Waals surface area contributed by atoms with Crippen LogP contribution in [0.25, 0.3) is 0 Å². The van der Waals surface area contributed by atoms with Crippen molar-refractivity contribution in [2.75, 3.05) is 19.6 Å². The molecule has 0 bridgehead atoms. The Morgan fingerprint density at radius 1 is 0.889 bits per heavy atom. The number of rotatable bonds is 3. The van der Waals surface area contributed by atoms with E-state index in [2.05, 4.69) is 25.7 Å². The Hall–Kier alpha value is -0.0400. The average Bonchev–Trinajstić information content (AvgIpc) is 2.37. The maximum atomic E-state index is 2.73. The lowest BCUT2D eigenvalue weighted by Gasteiger charge is -2.39. The van der Waals surface area contributed by atoms with Crippen LogP contribution in [0.3, 0.4) is 0 Å². The summed E-state index contributed by atoms with van der Waals surface area (Å²) in [6.07, 6.45) is 11.8. The average molecular weight is 251 g/mol. The van der Waals surface area contributed by atoms with E-state index < -0.39 is 0 Å². The molecule has 0 aromatic carbocycles. The summed E-state index contributed by atoms with van der Waals surface area (Å²) in [7, 11) is 0. The summed E-state index contributed by atoms with van der Waals surface area (Å²) in [6, 6.07) is 0. The number of likely N-dealkylation sites (tertiary alicyclic amines) is 1. The fraction of sp³-hybridized carbons (Fsp3) is 1.00. The molecule has 0 aromatic heterocycles. The highest BCUT2D eigenvalue weighted by Crippen LogP contribution is 2.34. The van der Waals surface area contributed by atoms with Gasteiger partial charge in [-0.1, -0.05) is 52.9 Å². The molecule has 106 valence electrons. The first-order valence-electron chi connectivity index (χ1n) is 8.28. The Kier molecular flexibility index (Phi) is 5.12. The van der Waals surface area contributed by atoms with Crippen molar-refractivity contribution in [1.29, 1.82) is 0 Å². The first kappa shape index (κ1) is 14.4. The fourth-order valence-corrected chi connectivity index (χ4v) is 3.86. The first-order chi connectivity index (χ1) is 8.55. The Morgan fingerprint density at radius 2 is 1.50 bits per heavy atom. The van der Waals surface area contributed by atoms with Gasteiger partial charge in [0.25, 0.3) is 0 Å². The zero-order chi connectivity index (χ0) is 13.0. The van der Waals surface area contributed by atoms with E-state index in [9.17, 15) is 0 Å². The predicted octanol–water partition coefficient (Wildman–Crippen LogP) is 4.71. The second-order valence-corrected chi connectivity index (χ2v) is 7.77. The van der Waals surface area contributed by atoms with E-state index in [1.165, 1.54) is 71.0 Å². The molecule has 0 spiro atoms. The normalized spacial score (nSPS) is 25.5. The monoisotopic (exact) mass is 251 g/mol. The van der Waals surface area contributed by atoms with E-state index in [4.69, 9.17) is 0 Å². The maximum absolute atomic E-state index is 2.73. The second-order valence-electron chi connectivity index (χ2n) is 7.77. The summed E-state index contributed by atoms with van der Waals surface area (Å²) in [5, 5.41) is 0. The van der Waals surface area contributed by atoms with Crippen LogP contribution in [0.15, 0.2) is 0 Å². The highest BCUT2D eigenvalue weighted by atomic mass is 15.1. The van der Waals surface area contributed by atoms with Gasteiger partial charge in [-0.2, -0.15) is 0 Å². The van der Waals surface area contributed by atoms with Crippen molar-refractivity contribution >= 4 is 0 Å². The summed E-state index contributed by atoms with van der Waals surface area (Å²) in [5.41, 5.74) is 0.523. The van der Waals surface area contributed by atoms with Crippen LogP contribution in [0, 0.1) is 17.3 Å². The van der Waals surface area contributed by atoms with Gasteiger partial charge in [0, 0.05) is 0 Å².